The standard InChI is InChI=1S/C27H28N4OS/c1-17(2)22-10-6-20(7-11-22)15-29-27-24(14-28)19(5)25(33-27)26(32)31-30-16-21-8-12-23(13-9-21)18(3)4/h6-13,15-18H,1-5H3,(H,31,32)/b29-15?,30-16-. The van der Waals surface area contributed by atoms with E-state index in [0.717, 1.165) is 11.1 Å². The number of hydrogen-bond acceptors (Lipinski definition) is 5. The first-order chi connectivity index (χ1) is 15.8. The number of carbonyl (C=O) groups is 1. The van der Waals surface area contributed by atoms with Crippen molar-refractivity contribution in [3.8, 4) is 6.07 Å². The molecule has 1 heterocycles. The summed E-state index contributed by atoms with van der Waals surface area (Å²) in [5.74, 6) is 0.569. The smallest absolute Gasteiger partial charge is 0.266 e. The van der Waals surface area contributed by atoms with Gasteiger partial charge in [-0.15, -0.1) is 11.3 Å². The summed E-state index contributed by atoms with van der Waals surface area (Å²) in [6, 6.07) is 18.4. The van der Waals surface area contributed by atoms with Crippen LogP contribution in [0.15, 0.2) is 58.6 Å². The molecule has 0 atom stereocenters. The fraction of sp³-hybridized carbons (Fsp3) is 0.259. The first-order valence-electron chi connectivity index (χ1n) is 10.9. The van der Waals surface area contributed by atoms with E-state index in [4.69, 9.17) is 0 Å². The highest BCUT2D eigenvalue weighted by atomic mass is 32.1. The topological polar surface area (TPSA) is 77.6 Å². The van der Waals surface area contributed by atoms with E-state index < -0.39 is 0 Å². The molecule has 0 aliphatic rings. The summed E-state index contributed by atoms with van der Waals surface area (Å²) in [7, 11) is 0. The molecule has 0 bridgehead atoms. The second kappa shape index (κ2) is 10.8. The number of amides is 1. The molecule has 5 nitrogen and oxygen atoms in total. The van der Waals surface area contributed by atoms with Gasteiger partial charge in [0.15, 0.2) is 0 Å². The molecule has 0 radical (unpaired) electrons. The first kappa shape index (κ1) is 24.1. The number of nitrogens with one attached hydrogen (secondary N) is 1. The van der Waals surface area contributed by atoms with E-state index in [9.17, 15) is 10.1 Å². The molecular weight excluding hydrogens is 428 g/mol. The number of nitrogens with zero attached hydrogens (tertiary/aromatic N) is 3. The largest absolute Gasteiger partial charge is 0.281 e. The molecule has 0 spiro atoms. The van der Waals surface area contributed by atoms with Crippen LogP contribution in [-0.4, -0.2) is 18.3 Å². The van der Waals surface area contributed by atoms with Crippen LogP contribution in [0.3, 0.4) is 0 Å². The molecule has 0 saturated carbocycles. The van der Waals surface area contributed by atoms with Gasteiger partial charge in [0.05, 0.1) is 11.8 Å². The van der Waals surface area contributed by atoms with E-state index >= 15 is 0 Å². The van der Waals surface area contributed by atoms with Crippen LogP contribution in [0.2, 0.25) is 0 Å². The molecule has 1 N–H and O–H groups in total. The van der Waals surface area contributed by atoms with E-state index in [2.05, 4.69) is 73.5 Å². The summed E-state index contributed by atoms with van der Waals surface area (Å²) >= 11 is 1.19. The van der Waals surface area contributed by atoms with Crippen LogP contribution in [0.4, 0.5) is 5.00 Å². The van der Waals surface area contributed by atoms with Gasteiger partial charge in [0.2, 0.25) is 0 Å². The Morgan fingerprint density at radius 3 is 1.94 bits per heavy atom. The van der Waals surface area contributed by atoms with Crippen molar-refractivity contribution in [2.45, 2.75) is 46.5 Å². The Labute approximate surface area is 199 Å². The van der Waals surface area contributed by atoms with Gasteiger partial charge in [-0.1, -0.05) is 76.2 Å². The summed E-state index contributed by atoms with van der Waals surface area (Å²) in [6.07, 6.45) is 3.33. The number of carbonyl (C=O) groups excluding carboxylic acids is 1. The molecular formula is C27H28N4OS. The van der Waals surface area contributed by atoms with Gasteiger partial charge in [-0.25, -0.2) is 10.4 Å². The average molecular weight is 457 g/mol. The third kappa shape index (κ3) is 6.03. The van der Waals surface area contributed by atoms with Crippen LogP contribution in [0.1, 0.15) is 82.6 Å². The Morgan fingerprint density at radius 2 is 1.45 bits per heavy atom. The van der Waals surface area contributed by atoms with E-state index in [1.54, 1.807) is 19.4 Å². The molecule has 1 aromatic heterocycles. The van der Waals surface area contributed by atoms with Gasteiger partial charge in [0.25, 0.3) is 5.91 Å². The molecule has 1 amide bonds. The van der Waals surface area contributed by atoms with E-state index in [-0.39, 0.29) is 5.91 Å². The number of aliphatic imine (C=N–C) groups is 1. The summed E-state index contributed by atoms with van der Waals surface area (Å²) in [4.78, 5) is 17.6. The number of rotatable bonds is 7. The fourth-order valence-corrected chi connectivity index (χ4v) is 4.21. The Kier molecular flexibility index (Phi) is 7.92. The fourth-order valence-electron chi connectivity index (χ4n) is 3.22. The highest BCUT2D eigenvalue weighted by molar-refractivity contribution is 7.18. The summed E-state index contributed by atoms with van der Waals surface area (Å²) < 4.78 is 0. The van der Waals surface area contributed by atoms with Crippen LogP contribution in [0.5, 0.6) is 0 Å². The van der Waals surface area contributed by atoms with Crippen molar-refractivity contribution in [2.75, 3.05) is 0 Å². The third-order valence-corrected chi connectivity index (χ3v) is 6.56. The Balaban J connectivity index is 1.73. The molecule has 3 rings (SSSR count). The maximum Gasteiger partial charge on any atom is 0.281 e. The van der Waals surface area contributed by atoms with Gasteiger partial charge < -0.3 is 0 Å². The zero-order valence-corrected chi connectivity index (χ0v) is 20.4. The van der Waals surface area contributed by atoms with Crippen molar-refractivity contribution in [3.63, 3.8) is 0 Å². The molecule has 0 fully saturated rings. The van der Waals surface area contributed by atoms with Crippen molar-refractivity contribution in [3.05, 3.63) is 86.8 Å². The zero-order chi connectivity index (χ0) is 24.0. The Morgan fingerprint density at radius 1 is 0.939 bits per heavy atom. The molecule has 0 aliphatic heterocycles. The maximum atomic E-state index is 12.7. The molecule has 0 aliphatic carbocycles. The predicted molar refractivity (Wildman–Crippen MR) is 137 cm³/mol. The van der Waals surface area contributed by atoms with E-state index in [1.807, 2.05) is 24.3 Å². The van der Waals surface area contributed by atoms with Crippen molar-refractivity contribution in [2.24, 2.45) is 10.1 Å². The van der Waals surface area contributed by atoms with E-state index in [0.29, 0.717) is 32.8 Å². The van der Waals surface area contributed by atoms with Gasteiger partial charge in [0, 0.05) is 6.21 Å². The Hall–Kier alpha value is -3.56. The molecule has 2 aromatic carbocycles. The molecule has 0 unspecified atom stereocenters. The normalized spacial score (nSPS) is 11.6. The van der Waals surface area contributed by atoms with Crippen molar-refractivity contribution in [1.82, 2.24) is 5.43 Å². The van der Waals surface area contributed by atoms with Crippen LogP contribution in [-0.2, 0) is 0 Å². The van der Waals surface area contributed by atoms with Gasteiger partial charge in [-0.3, -0.25) is 4.79 Å². The molecule has 33 heavy (non-hydrogen) atoms. The van der Waals surface area contributed by atoms with Gasteiger partial charge in [-0.05, 0) is 46.6 Å². The monoisotopic (exact) mass is 456 g/mol. The van der Waals surface area contributed by atoms with Crippen LogP contribution in [0, 0.1) is 18.3 Å². The minimum absolute atomic E-state index is 0.355. The molecule has 6 heteroatoms. The first-order valence-corrected chi connectivity index (χ1v) is 11.7. The number of thiophene rings is 1. The molecule has 168 valence electrons. The van der Waals surface area contributed by atoms with Gasteiger partial charge >= 0.3 is 0 Å². The van der Waals surface area contributed by atoms with Crippen LogP contribution in [0.25, 0.3) is 0 Å². The zero-order valence-electron chi connectivity index (χ0n) is 19.6. The summed E-state index contributed by atoms with van der Waals surface area (Å²) in [5, 5.41) is 14.2. The lowest BCUT2D eigenvalue weighted by Crippen LogP contribution is -2.17. The third-order valence-electron chi connectivity index (χ3n) is 5.36. The SMILES string of the molecule is Cc1c(C(=O)N/N=C\c2ccc(C(C)C)cc2)sc(N=Cc2ccc(C(C)C)cc2)c1C#N. The highest BCUT2D eigenvalue weighted by Gasteiger charge is 2.19. The minimum atomic E-state index is -0.355. The maximum absolute atomic E-state index is 12.7. The van der Waals surface area contributed by atoms with Crippen LogP contribution >= 0.6 is 11.3 Å². The van der Waals surface area contributed by atoms with Crippen molar-refractivity contribution < 1.29 is 4.79 Å². The lowest BCUT2D eigenvalue weighted by Gasteiger charge is -2.04. The molecule has 0 saturated heterocycles. The highest BCUT2D eigenvalue weighted by Crippen LogP contribution is 2.34. The average Bonchev–Trinajstić information content (AvgIpc) is 3.13. The number of hydrogen-bond donors (Lipinski definition) is 1. The van der Waals surface area contributed by atoms with E-state index in [1.165, 1.54) is 22.5 Å². The lowest BCUT2D eigenvalue weighted by atomic mass is 10.0. The van der Waals surface area contributed by atoms with Crippen molar-refractivity contribution in [1.29, 1.82) is 5.26 Å². The quantitative estimate of drug-likeness (QED) is 0.317. The Bertz CT molecular complexity index is 1210. The van der Waals surface area contributed by atoms with Crippen LogP contribution < -0.4 is 5.43 Å². The second-order valence-electron chi connectivity index (χ2n) is 8.45. The lowest BCUT2D eigenvalue weighted by molar-refractivity contribution is 0.0958. The minimum Gasteiger partial charge on any atom is -0.266 e. The number of nitriles is 1. The van der Waals surface area contributed by atoms with Gasteiger partial charge in [-0.2, -0.15) is 10.4 Å². The van der Waals surface area contributed by atoms with Crippen molar-refractivity contribution >= 4 is 34.7 Å². The predicted octanol–water partition coefficient (Wildman–Crippen LogP) is 6.69. The van der Waals surface area contributed by atoms with Gasteiger partial charge in [0.1, 0.15) is 15.9 Å². The molecule has 3 aromatic rings. The summed E-state index contributed by atoms with van der Waals surface area (Å²) in [5.41, 5.74) is 7.92. The number of benzene rings is 2. The summed E-state index contributed by atoms with van der Waals surface area (Å²) in [6.45, 7) is 10.3. The number of hydrazone groups is 1. The second-order valence-corrected chi connectivity index (χ2v) is 9.45.